The summed E-state index contributed by atoms with van der Waals surface area (Å²) in [5.74, 6) is -0.884. The Morgan fingerprint density at radius 3 is 2.37 bits per heavy atom. The molecule has 1 aliphatic rings. The van der Waals surface area contributed by atoms with Crippen molar-refractivity contribution in [1.29, 1.82) is 0 Å². The van der Waals surface area contributed by atoms with Crippen molar-refractivity contribution in [3.8, 4) is 0 Å². The third kappa shape index (κ3) is 4.06. The first-order valence-corrected chi connectivity index (χ1v) is 8.99. The van der Waals surface area contributed by atoms with Crippen molar-refractivity contribution in [3.63, 3.8) is 0 Å². The molecule has 2 aromatic carbocycles. The Balaban J connectivity index is 1.85. The van der Waals surface area contributed by atoms with Gasteiger partial charge in [0.15, 0.2) is 0 Å². The van der Waals surface area contributed by atoms with E-state index < -0.39 is 24.2 Å². The molecule has 1 heterocycles. The molecule has 0 saturated heterocycles. The Bertz CT molecular complexity index is 854. The normalized spacial score (nSPS) is 19.9. The van der Waals surface area contributed by atoms with E-state index in [1.807, 2.05) is 6.07 Å². The minimum Gasteiger partial charge on any atom is -0.362 e. The molecule has 0 spiro atoms. The predicted molar refractivity (Wildman–Crippen MR) is 97.9 cm³/mol. The van der Waals surface area contributed by atoms with E-state index in [4.69, 9.17) is 0 Å². The first-order chi connectivity index (χ1) is 12.7. The van der Waals surface area contributed by atoms with Crippen molar-refractivity contribution in [2.24, 2.45) is 5.10 Å². The molecule has 0 aromatic heterocycles. The number of alkyl halides is 3. The average Bonchev–Trinajstić information content (AvgIpc) is 3.00. The van der Waals surface area contributed by atoms with Gasteiger partial charge in [-0.15, -0.1) is 0 Å². The summed E-state index contributed by atoms with van der Waals surface area (Å²) < 4.78 is 41.4. The van der Waals surface area contributed by atoms with Gasteiger partial charge in [-0.3, -0.25) is 4.79 Å². The molecule has 2 aromatic rings. The van der Waals surface area contributed by atoms with Crippen molar-refractivity contribution in [3.05, 3.63) is 70.2 Å². The maximum Gasteiger partial charge on any atom is 0.438 e. The van der Waals surface area contributed by atoms with Gasteiger partial charge < -0.3 is 5.11 Å². The van der Waals surface area contributed by atoms with Gasteiger partial charge in [0, 0.05) is 10.9 Å². The molecule has 0 bridgehead atoms. The second kappa shape index (κ2) is 7.44. The lowest BCUT2D eigenvalue weighted by Crippen LogP contribution is -2.56. The van der Waals surface area contributed by atoms with Crippen LogP contribution in [-0.4, -0.2) is 33.6 Å². The van der Waals surface area contributed by atoms with Crippen molar-refractivity contribution in [2.75, 3.05) is 0 Å². The lowest BCUT2D eigenvalue weighted by atomic mass is 10.0. The Labute approximate surface area is 162 Å². The monoisotopic (exact) mass is 440 g/mol. The van der Waals surface area contributed by atoms with Crippen molar-refractivity contribution < 1.29 is 23.1 Å². The van der Waals surface area contributed by atoms with Crippen LogP contribution in [0.2, 0.25) is 0 Å². The van der Waals surface area contributed by atoms with Crippen LogP contribution in [0, 0.1) is 0 Å². The van der Waals surface area contributed by atoms with Crippen LogP contribution in [0.4, 0.5) is 13.2 Å². The molecule has 0 unspecified atom stereocenters. The third-order valence-corrected chi connectivity index (χ3v) is 4.85. The zero-order valence-electron chi connectivity index (χ0n) is 14.1. The lowest BCUT2D eigenvalue weighted by molar-refractivity contribution is -0.302. The highest BCUT2D eigenvalue weighted by molar-refractivity contribution is 9.10. The smallest absolute Gasteiger partial charge is 0.362 e. The van der Waals surface area contributed by atoms with Crippen LogP contribution < -0.4 is 0 Å². The largest absolute Gasteiger partial charge is 0.438 e. The number of hydrazone groups is 1. The van der Waals surface area contributed by atoms with Gasteiger partial charge in [-0.05, 0) is 29.7 Å². The van der Waals surface area contributed by atoms with Crippen LogP contribution in [0.5, 0.6) is 0 Å². The molecular formula is C19H16BrF3N2O2. The van der Waals surface area contributed by atoms with Crippen molar-refractivity contribution in [2.45, 2.75) is 31.2 Å². The number of hydrogen-bond donors (Lipinski definition) is 1. The standard InChI is InChI=1S/C19H16BrF3N2O2/c20-15-9-7-14(8-10-15)16-12-18(27,19(21,22)23)25(24-16)17(26)11-6-13-4-2-1-3-5-13/h1-5,7-10,27H,6,11-12H2/t18-/m1/s1. The summed E-state index contributed by atoms with van der Waals surface area (Å²) in [7, 11) is 0. The molecule has 142 valence electrons. The van der Waals surface area contributed by atoms with Crippen LogP contribution in [0.25, 0.3) is 0 Å². The Morgan fingerprint density at radius 1 is 1.15 bits per heavy atom. The number of carbonyl (C=O) groups excluding carboxylic acids is 1. The molecule has 1 aliphatic heterocycles. The van der Waals surface area contributed by atoms with Gasteiger partial charge >= 0.3 is 6.18 Å². The number of hydrogen-bond acceptors (Lipinski definition) is 3. The molecule has 0 saturated carbocycles. The summed E-state index contributed by atoms with van der Waals surface area (Å²) in [6.45, 7) is 0. The molecule has 1 atom stereocenters. The number of carbonyl (C=O) groups is 1. The summed E-state index contributed by atoms with van der Waals surface area (Å²) in [4.78, 5) is 12.5. The van der Waals surface area contributed by atoms with Gasteiger partial charge in [0.2, 0.25) is 5.91 Å². The number of benzene rings is 2. The summed E-state index contributed by atoms with van der Waals surface area (Å²) in [5, 5.41) is 14.3. The maximum absolute atomic E-state index is 13.5. The highest BCUT2D eigenvalue weighted by Gasteiger charge is 2.63. The number of aliphatic hydroxyl groups is 1. The lowest BCUT2D eigenvalue weighted by Gasteiger charge is -2.32. The zero-order chi connectivity index (χ0) is 19.7. The van der Waals surface area contributed by atoms with Crippen LogP contribution in [-0.2, 0) is 11.2 Å². The van der Waals surface area contributed by atoms with Gasteiger partial charge in [0.25, 0.3) is 5.72 Å². The molecule has 3 rings (SSSR count). The second-order valence-corrected chi connectivity index (χ2v) is 7.15. The minimum absolute atomic E-state index is 0.00962. The Morgan fingerprint density at radius 2 is 1.78 bits per heavy atom. The molecule has 0 fully saturated rings. The van der Waals surface area contributed by atoms with Gasteiger partial charge in [0.05, 0.1) is 12.1 Å². The van der Waals surface area contributed by atoms with E-state index >= 15 is 0 Å². The van der Waals surface area contributed by atoms with Gasteiger partial charge in [0.1, 0.15) is 0 Å². The number of rotatable bonds is 4. The van der Waals surface area contributed by atoms with E-state index in [1.165, 1.54) is 0 Å². The zero-order valence-corrected chi connectivity index (χ0v) is 15.7. The van der Waals surface area contributed by atoms with E-state index in [1.54, 1.807) is 48.5 Å². The fourth-order valence-electron chi connectivity index (χ4n) is 2.83. The van der Waals surface area contributed by atoms with Crippen LogP contribution >= 0.6 is 15.9 Å². The molecule has 1 amide bonds. The molecule has 27 heavy (non-hydrogen) atoms. The van der Waals surface area contributed by atoms with Gasteiger partial charge in [-0.1, -0.05) is 58.4 Å². The Kier molecular flexibility index (Phi) is 5.39. The highest BCUT2D eigenvalue weighted by atomic mass is 79.9. The SMILES string of the molecule is O=C(CCc1ccccc1)N1N=C(c2ccc(Br)cc2)C[C@@]1(O)C(F)(F)F. The highest BCUT2D eigenvalue weighted by Crippen LogP contribution is 2.41. The number of halogens is 4. The van der Waals surface area contributed by atoms with Crippen molar-refractivity contribution in [1.82, 2.24) is 5.01 Å². The second-order valence-electron chi connectivity index (χ2n) is 6.24. The van der Waals surface area contributed by atoms with Gasteiger partial charge in [-0.25, -0.2) is 0 Å². The van der Waals surface area contributed by atoms with E-state index in [9.17, 15) is 23.1 Å². The molecule has 8 heteroatoms. The molecule has 0 radical (unpaired) electrons. The number of nitrogens with zero attached hydrogens (tertiary/aromatic N) is 2. The first kappa shape index (κ1) is 19.6. The van der Waals surface area contributed by atoms with Crippen LogP contribution in [0.1, 0.15) is 24.0 Å². The van der Waals surface area contributed by atoms with Gasteiger partial charge in [-0.2, -0.15) is 23.3 Å². The number of amides is 1. The van der Waals surface area contributed by atoms with Crippen molar-refractivity contribution >= 4 is 27.5 Å². The topological polar surface area (TPSA) is 52.9 Å². The summed E-state index contributed by atoms with van der Waals surface area (Å²) in [6.07, 6.45) is -5.78. The third-order valence-electron chi connectivity index (χ3n) is 4.32. The van der Waals surface area contributed by atoms with Crippen LogP contribution in [0.15, 0.2) is 64.2 Å². The van der Waals surface area contributed by atoms with E-state index in [-0.39, 0.29) is 23.6 Å². The van der Waals surface area contributed by atoms with E-state index in [0.717, 1.165) is 10.0 Å². The quantitative estimate of drug-likeness (QED) is 0.771. The fraction of sp³-hybridized carbons (Fsp3) is 0.263. The summed E-state index contributed by atoms with van der Waals surface area (Å²) in [6, 6.07) is 15.4. The Hall–Kier alpha value is -2.19. The minimum atomic E-state index is -5.03. The maximum atomic E-state index is 13.5. The van der Waals surface area contributed by atoms with E-state index in [2.05, 4.69) is 21.0 Å². The summed E-state index contributed by atoms with van der Waals surface area (Å²) >= 11 is 3.25. The average molecular weight is 441 g/mol. The first-order valence-electron chi connectivity index (χ1n) is 8.20. The summed E-state index contributed by atoms with van der Waals surface area (Å²) in [5.41, 5.74) is -2.10. The van der Waals surface area contributed by atoms with Crippen LogP contribution in [0.3, 0.4) is 0 Å². The number of aryl methyl sites for hydroxylation is 1. The molecule has 4 nitrogen and oxygen atoms in total. The fourth-order valence-corrected chi connectivity index (χ4v) is 3.10. The molecule has 0 aliphatic carbocycles. The van der Waals surface area contributed by atoms with E-state index in [0.29, 0.717) is 5.56 Å². The predicted octanol–water partition coefficient (Wildman–Crippen LogP) is 4.27. The molecule has 1 N–H and O–H groups in total. The molecular weight excluding hydrogens is 425 g/mol.